The average molecular weight is 482 g/mol. The van der Waals surface area contributed by atoms with Gasteiger partial charge in [-0.2, -0.15) is 9.57 Å². The third kappa shape index (κ3) is 4.39. The maximum Gasteiger partial charge on any atom is 0.247 e. The highest BCUT2D eigenvalue weighted by atomic mass is 79.9. The summed E-state index contributed by atoms with van der Waals surface area (Å²) in [6, 6.07) is 9.21. The van der Waals surface area contributed by atoms with Gasteiger partial charge in [-0.15, -0.1) is 0 Å². The van der Waals surface area contributed by atoms with Crippen LogP contribution in [0.5, 0.6) is 5.75 Å². The second kappa shape index (κ2) is 8.69. The van der Waals surface area contributed by atoms with Gasteiger partial charge >= 0.3 is 0 Å². The number of methoxy groups -OCH3 is 1. The molecule has 0 saturated carbocycles. The number of ether oxygens (including phenoxy) is 1. The summed E-state index contributed by atoms with van der Waals surface area (Å²) < 4.78 is 49.1. The van der Waals surface area contributed by atoms with Gasteiger partial charge in [0.15, 0.2) is 6.19 Å². The number of nitriles is 1. The first-order valence-corrected chi connectivity index (χ1v) is 11.2. The molecular formula is C20H21BrFN3O3S. The number of hydrogen-bond donors (Lipinski definition) is 0. The Morgan fingerprint density at radius 2 is 2.14 bits per heavy atom. The molecule has 1 aliphatic rings. The molecule has 0 N–H and O–H groups in total. The maximum absolute atomic E-state index is 14.7. The Balaban J connectivity index is 2.09. The Labute approximate surface area is 178 Å². The van der Waals surface area contributed by atoms with Gasteiger partial charge in [0.1, 0.15) is 16.5 Å². The summed E-state index contributed by atoms with van der Waals surface area (Å²) in [7, 11) is -2.63. The predicted octanol–water partition coefficient (Wildman–Crippen LogP) is 3.65. The summed E-state index contributed by atoms with van der Waals surface area (Å²) in [5.74, 6) is -0.220. The van der Waals surface area contributed by atoms with Gasteiger partial charge in [0.2, 0.25) is 10.0 Å². The van der Waals surface area contributed by atoms with E-state index < -0.39 is 21.9 Å². The number of sulfonamides is 1. The third-order valence-electron chi connectivity index (χ3n) is 5.02. The van der Waals surface area contributed by atoms with Crippen molar-refractivity contribution in [3.8, 4) is 11.9 Å². The summed E-state index contributed by atoms with van der Waals surface area (Å²) in [5.41, 5.74) is 0.739. The molecule has 9 heteroatoms. The number of halogens is 2. The monoisotopic (exact) mass is 481 g/mol. The smallest absolute Gasteiger partial charge is 0.247 e. The van der Waals surface area contributed by atoms with Crippen LogP contribution in [0.25, 0.3) is 0 Å². The van der Waals surface area contributed by atoms with Gasteiger partial charge in [0.05, 0.1) is 7.11 Å². The highest BCUT2D eigenvalue weighted by Crippen LogP contribution is 2.33. The van der Waals surface area contributed by atoms with Crippen molar-refractivity contribution in [1.82, 2.24) is 9.21 Å². The van der Waals surface area contributed by atoms with Crippen molar-refractivity contribution in [3.63, 3.8) is 0 Å². The lowest BCUT2D eigenvalue weighted by molar-refractivity contribution is 0.308. The molecule has 154 valence electrons. The lowest BCUT2D eigenvalue weighted by atomic mass is 10.1. The SMILES string of the molecule is COc1ccc(Br)cc1S(=O)(=O)N(Cc1cccc(C)c1F)C1CCN(C#N)C1. The van der Waals surface area contributed by atoms with Crippen LogP contribution in [0.4, 0.5) is 4.39 Å². The van der Waals surface area contributed by atoms with E-state index in [9.17, 15) is 18.1 Å². The molecule has 1 fully saturated rings. The van der Waals surface area contributed by atoms with Gasteiger partial charge in [0.25, 0.3) is 0 Å². The molecule has 0 radical (unpaired) electrons. The Morgan fingerprint density at radius 3 is 2.79 bits per heavy atom. The summed E-state index contributed by atoms with van der Waals surface area (Å²) in [6.07, 6.45) is 2.54. The molecular weight excluding hydrogens is 461 g/mol. The molecule has 2 aromatic carbocycles. The summed E-state index contributed by atoms with van der Waals surface area (Å²) in [5, 5.41) is 9.20. The maximum atomic E-state index is 14.7. The number of benzene rings is 2. The number of nitrogens with zero attached hydrogens (tertiary/aromatic N) is 3. The van der Waals surface area contributed by atoms with Gasteiger partial charge in [-0.25, -0.2) is 12.8 Å². The third-order valence-corrected chi connectivity index (χ3v) is 7.44. The summed E-state index contributed by atoms with van der Waals surface area (Å²) >= 11 is 3.31. The number of rotatable bonds is 6. The van der Waals surface area contributed by atoms with E-state index in [1.54, 1.807) is 37.3 Å². The number of aryl methyl sites for hydroxylation is 1. The molecule has 0 aromatic heterocycles. The van der Waals surface area contributed by atoms with Crippen molar-refractivity contribution in [1.29, 1.82) is 5.26 Å². The quantitative estimate of drug-likeness (QED) is 0.588. The normalized spacial score (nSPS) is 16.8. The molecule has 1 atom stereocenters. The van der Waals surface area contributed by atoms with Crippen LogP contribution in [0, 0.1) is 24.2 Å². The fourth-order valence-electron chi connectivity index (χ4n) is 3.45. The van der Waals surface area contributed by atoms with E-state index in [4.69, 9.17) is 4.74 Å². The van der Waals surface area contributed by atoms with Crippen molar-refractivity contribution in [2.24, 2.45) is 0 Å². The van der Waals surface area contributed by atoms with Crippen molar-refractivity contribution >= 4 is 26.0 Å². The lowest BCUT2D eigenvalue weighted by Gasteiger charge is -2.29. The summed E-state index contributed by atoms with van der Waals surface area (Å²) in [4.78, 5) is 1.51. The van der Waals surface area contributed by atoms with Crippen molar-refractivity contribution in [2.75, 3.05) is 20.2 Å². The number of hydrogen-bond acceptors (Lipinski definition) is 5. The van der Waals surface area contributed by atoms with Crippen LogP contribution < -0.4 is 4.74 Å². The van der Waals surface area contributed by atoms with Crippen LogP contribution in [0.2, 0.25) is 0 Å². The second-order valence-electron chi connectivity index (χ2n) is 6.88. The zero-order chi connectivity index (χ0) is 21.2. The Hall–Kier alpha value is -2.15. The topological polar surface area (TPSA) is 73.6 Å². The average Bonchev–Trinajstić information content (AvgIpc) is 3.17. The van der Waals surface area contributed by atoms with Crippen LogP contribution >= 0.6 is 15.9 Å². The van der Waals surface area contributed by atoms with E-state index in [-0.39, 0.29) is 29.3 Å². The minimum Gasteiger partial charge on any atom is -0.495 e. The first-order chi connectivity index (χ1) is 13.8. The summed E-state index contributed by atoms with van der Waals surface area (Å²) in [6.45, 7) is 2.23. The molecule has 0 aliphatic carbocycles. The largest absolute Gasteiger partial charge is 0.495 e. The molecule has 0 bridgehead atoms. The molecule has 3 rings (SSSR count). The van der Waals surface area contributed by atoms with Gasteiger partial charge < -0.3 is 9.64 Å². The van der Waals surface area contributed by atoms with Gasteiger partial charge in [-0.3, -0.25) is 0 Å². The van der Waals surface area contributed by atoms with Crippen molar-refractivity contribution < 1.29 is 17.5 Å². The second-order valence-corrected chi connectivity index (χ2v) is 9.66. The Kier molecular flexibility index (Phi) is 6.46. The van der Waals surface area contributed by atoms with Crippen LogP contribution in [0.3, 0.4) is 0 Å². The van der Waals surface area contributed by atoms with Gasteiger partial charge in [-0.1, -0.05) is 34.1 Å². The van der Waals surface area contributed by atoms with E-state index in [0.717, 1.165) is 0 Å². The first kappa shape index (κ1) is 21.6. The molecule has 1 unspecified atom stereocenters. The molecule has 1 aliphatic heterocycles. The zero-order valence-electron chi connectivity index (χ0n) is 16.1. The predicted molar refractivity (Wildman–Crippen MR) is 110 cm³/mol. The van der Waals surface area contributed by atoms with Gasteiger partial charge in [0, 0.05) is 35.7 Å². The van der Waals surface area contributed by atoms with Crippen molar-refractivity contribution in [2.45, 2.75) is 30.8 Å². The Bertz CT molecular complexity index is 1060. The molecule has 6 nitrogen and oxygen atoms in total. The van der Waals surface area contributed by atoms with Crippen LogP contribution in [0.15, 0.2) is 45.8 Å². The van der Waals surface area contributed by atoms with E-state index >= 15 is 0 Å². The standard InChI is InChI=1S/C20H21BrFN3O3S/c1-14-4-3-5-15(20(14)22)11-25(17-8-9-24(12-17)13-23)29(26,27)19-10-16(21)6-7-18(19)28-2/h3-7,10,17H,8-9,11-12H2,1-2H3. The minimum atomic E-state index is -4.03. The highest BCUT2D eigenvalue weighted by molar-refractivity contribution is 9.10. The minimum absolute atomic E-state index is 0.00200. The molecule has 0 spiro atoms. The molecule has 1 heterocycles. The van der Waals surface area contributed by atoms with Gasteiger partial charge in [-0.05, 0) is 37.1 Å². The molecule has 1 saturated heterocycles. The van der Waals surface area contributed by atoms with E-state index in [2.05, 4.69) is 22.1 Å². The lowest BCUT2D eigenvalue weighted by Crippen LogP contribution is -2.41. The molecule has 0 amide bonds. The zero-order valence-corrected chi connectivity index (χ0v) is 18.5. The van der Waals surface area contributed by atoms with E-state index in [1.807, 2.05) is 0 Å². The van der Waals surface area contributed by atoms with Crippen LogP contribution in [-0.2, 0) is 16.6 Å². The van der Waals surface area contributed by atoms with E-state index in [0.29, 0.717) is 23.0 Å². The van der Waals surface area contributed by atoms with Crippen LogP contribution in [-0.4, -0.2) is 43.9 Å². The van der Waals surface area contributed by atoms with Crippen molar-refractivity contribution in [3.05, 3.63) is 57.8 Å². The highest BCUT2D eigenvalue weighted by Gasteiger charge is 2.38. The first-order valence-electron chi connectivity index (χ1n) is 9.02. The number of likely N-dealkylation sites (tertiary alicyclic amines) is 1. The van der Waals surface area contributed by atoms with E-state index in [1.165, 1.54) is 22.4 Å². The molecule has 29 heavy (non-hydrogen) atoms. The fourth-order valence-corrected chi connectivity index (χ4v) is 5.78. The molecule has 2 aromatic rings. The fraction of sp³-hybridized carbons (Fsp3) is 0.350. The Morgan fingerprint density at radius 1 is 1.38 bits per heavy atom. The van der Waals surface area contributed by atoms with Crippen LogP contribution in [0.1, 0.15) is 17.5 Å².